The zero-order chi connectivity index (χ0) is 15.2. The first-order valence-corrected chi connectivity index (χ1v) is 7.84. The molecule has 2 nitrogen and oxygen atoms in total. The van der Waals surface area contributed by atoms with E-state index in [1.807, 2.05) is 18.7 Å². The van der Waals surface area contributed by atoms with Crippen molar-refractivity contribution in [3.8, 4) is 0 Å². The normalized spacial score (nSPS) is 14.8. The van der Waals surface area contributed by atoms with Gasteiger partial charge >= 0.3 is 0 Å². The molecule has 1 saturated heterocycles. The molecule has 1 aromatic rings. The molecule has 0 unspecified atom stereocenters. The summed E-state index contributed by atoms with van der Waals surface area (Å²) in [7, 11) is 0. The second-order valence-corrected chi connectivity index (χ2v) is 6.21. The molecule has 0 spiro atoms. The van der Waals surface area contributed by atoms with Crippen LogP contribution in [0.25, 0.3) is 0 Å². The minimum Gasteiger partial charge on any atom is -0.342 e. The van der Waals surface area contributed by atoms with Crippen molar-refractivity contribution in [2.45, 2.75) is 59.3 Å². The molecule has 1 amide bonds. The Balaban J connectivity index is 0.000000956. The Hall–Kier alpha value is -1.31. The number of amides is 1. The summed E-state index contributed by atoms with van der Waals surface area (Å²) >= 11 is 0. The fraction of sp³-hybridized carbons (Fsp3) is 0.611. The van der Waals surface area contributed by atoms with Crippen LogP contribution in [0.1, 0.15) is 58.6 Å². The molecule has 1 aliphatic heterocycles. The van der Waals surface area contributed by atoms with Gasteiger partial charge in [0, 0.05) is 13.1 Å². The third kappa shape index (κ3) is 4.66. The van der Waals surface area contributed by atoms with Crippen molar-refractivity contribution in [2.75, 3.05) is 13.1 Å². The summed E-state index contributed by atoms with van der Waals surface area (Å²) in [5, 5.41) is 0. The molecule has 0 aliphatic carbocycles. The van der Waals surface area contributed by atoms with E-state index in [1.165, 1.54) is 5.56 Å². The topological polar surface area (TPSA) is 20.3 Å². The van der Waals surface area contributed by atoms with Gasteiger partial charge in [-0.05, 0) is 29.4 Å². The van der Waals surface area contributed by atoms with E-state index in [0.29, 0.717) is 6.42 Å². The molecule has 0 bridgehead atoms. The number of rotatable bonds is 2. The second-order valence-electron chi connectivity index (χ2n) is 6.21. The van der Waals surface area contributed by atoms with Gasteiger partial charge in [-0.25, -0.2) is 0 Å². The Kier molecular flexibility index (Phi) is 6.25. The van der Waals surface area contributed by atoms with E-state index in [0.717, 1.165) is 31.5 Å². The quantitative estimate of drug-likeness (QED) is 0.793. The van der Waals surface area contributed by atoms with E-state index in [2.05, 4.69) is 45.0 Å². The molecule has 1 aromatic carbocycles. The van der Waals surface area contributed by atoms with E-state index >= 15 is 0 Å². The average Bonchev–Trinajstić information content (AvgIpc) is 2.94. The van der Waals surface area contributed by atoms with Gasteiger partial charge in [-0.2, -0.15) is 0 Å². The van der Waals surface area contributed by atoms with Crippen LogP contribution >= 0.6 is 0 Å². The highest BCUT2D eigenvalue weighted by Crippen LogP contribution is 2.22. The number of likely N-dealkylation sites (tertiary alicyclic amines) is 1. The Morgan fingerprint density at radius 3 is 2.00 bits per heavy atom. The molecule has 1 heterocycles. The van der Waals surface area contributed by atoms with E-state index in [1.54, 1.807) is 0 Å². The van der Waals surface area contributed by atoms with Crippen molar-refractivity contribution >= 4 is 5.91 Å². The van der Waals surface area contributed by atoms with E-state index in [-0.39, 0.29) is 11.3 Å². The van der Waals surface area contributed by atoms with Crippen LogP contribution in [0.3, 0.4) is 0 Å². The van der Waals surface area contributed by atoms with Crippen molar-refractivity contribution in [3.63, 3.8) is 0 Å². The van der Waals surface area contributed by atoms with Gasteiger partial charge in [0.2, 0.25) is 5.91 Å². The largest absolute Gasteiger partial charge is 0.342 e. The van der Waals surface area contributed by atoms with E-state index in [9.17, 15) is 4.79 Å². The molecule has 0 saturated carbocycles. The molecule has 2 rings (SSSR count). The summed E-state index contributed by atoms with van der Waals surface area (Å²) in [6, 6.07) is 8.47. The third-order valence-corrected chi connectivity index (χ3v) is 3.63. The monoisotopic (exact) mass is 275 g/mol. The van der Waals surface area contributed by atoms with Crippen molar-refractivity contribution in [3.05, 3.63) is 35.4 Å². The molecule has 0 aromatic heterocycles. The minimum atomic E-state index is 0.178. The van der Waals surface area contributed by atoms with Gasteiger partial charge in [0.25, 0.3) is 0 Å². The highest BCUT2D eigenvalue weighted by molar-refractivity contribution is 5.79. The van der Waals surface area contributed by atoms with Crippen molar-refractivity contribution in [1.82, 2.24) is 4.90 Å². The standard InChI is InChI=1S/C16H23NO.C2H6/c1-16(2,3)14-8-6-13(7-9-14)12-15(18)17-10-4-5-11-17;1-2/h6-9H,4-5,10-12H2,1-3H3;1-2H3. The maximum Gasteiger partial charge on any atom is 0.226 e. The van der Waals surface area contributed by atoms with Crippen LogP contribution < -0.4 is 0 Å². The highest BCUT2D eigenvalue weighted by Gasteiger charge is 2.18. The van der Waals surface area contributed by atoms with Crippen molar-refractivity contribution in [2.24, 2.45) is 0 Å². The first-order valence-electron chi connectivity index (χ1n) is 7.84. The lowest BCUT2D eigenvalue weighted by Crippen LogP contribution is -2.29. The number of carbonyl (C=O) groups excluding carboxylic acids is 1. The molecule has 0 radical (unpaired) electrons. The van der Waals surface area contributed by atoms with Crippen molar-refractivity contribution in [1.29, 1.82) is 0 Å². The summed E-state index contributed by atoms with van der Waals surface area (Å²) in [4.78, 5) is 14.0. The van der Waals surface area contributed by atoms with Gasteiger partial charge < -0.3 is 4.90 Å². The number of carbonyl (C=O) groups is 1. The summed E-state index contributed by atoms with van der Waals surface area (Å²) in [5.74, 6) is 0.274. The zero-order valence-corrected chi connectivity index (χ0v) is 13.7. The molecule has 1 fully saturated rings. The Morgan fingerprint density at radius 2 is 1.55 bits per heavy atom. The highest BCUT2D eigenvalue weighted by atomic mass is 16.2. The number of hydrogen-bond donors (Lipinski definition) is 0. The molecule has 0 N–H and O–H groups in total. The van der Waals surface area contributed by atoms with Gasteiger partial charge in [0.05, 0.1) is 6.42 Å². The summed E-state index contributed by atoms with van der Waals surface area (Å²) < 4.78 is 0. The zero-order valence-electron chi connectivity index (χ0n) is 13.7. The molecule has 112 valence electrons. The molecular formula is C18H29NO. The van der Waals surface area contributed by atoms with Gasteiger partial charge in [-0.15, -0.1) is 0 Å². The van der Waals surface area contributed by atoms with Crippen LogP contribution in [0.5, 0.6) is 0 Å². The van der Waals surface area contributed by atoms with Crippen LogP contribution in [-0.2, 0) is 16.6 Å². The number of nitrogens with zero attached hydrogens (tertiary/aromatic N) is 1. The molecule has 1 aliphatic rings. The smallest absolute Gasteiger partial charge is 0.226 e. The predicted octanol–water partition coefficient (Wildman–Crippen LogP) is 4.18. The van der Waals surface area contributed by atoms with Crippen LogP contribution in [0.4, 0.5) is 0 Å². The molecule has 20 heavy (non-hydrogen) atoms. The summed E-state index contributed by atoms with van der Waals surface area (Å²) in [6.07, 6.45) is 2.87. The van der Waals surface area contributed by atoms with Gasteiger partial charge in [-0.1, -0.05) is 58.9 Å². The SMILES string of the molecule is CC.CC(C)(C)c1ccc(CC(=O)N2CCCC2)cc1. The molecule has 2 heteroatoms. The van der Waals surface area contributed by atoms with E-state index < -0.39 is 0 Å². The Labute approximate surface area is 124 Å². The fourth-order valence-corrected chi connectivity index (χ4v) is 2.38. The lowest BCUT2D eigenvalue weighted by atomic mass is 9.86. The average molecular weight is 275 g/mol. The Morgan fingerprint density at radius 1 is 1.05 bits per heavy atom. The second kappa shape index (κ2) is 7.47. The Bertz CT molecular complexity index is 408. The van der Waals surface area contributed by atoms with Crippen LogP contribution in [0, 0.1) is 0 Å². The maximum atomic E-state index is 12.0. The molecular weight excluding hydrogens is 246 g/mol. The lowest BCUT2D eigenvalue weighted by Gasteiger charge is -2.19. The first-order chi connectivity index (χ1) is 9.47. The van der Waals surface area contributed by atoms with E-state index in [4.69, 9.17) is 0 Å². The van der Waals surface area contributed by atoms with Crippen LogP contribution in [0.15, 0.2) is 24.3 Å². The van der Waals surface area contributed by atoms with Crippen molar-refractivity contribution < 1.29 is 4.79 Å². The van der Waals surface area contributed by atoms with Gasteiger partial charge in [0.1, 0.15) is 0 Å². The summed E-state index contributed by atoms with van der Waals surface area (Å²) in [5.41, 5.74) is 2.62. The van der Waals surface area contributed by atoms with Crippen LogP contribution in [-0.4, -0.2) is 23.9 Å². The summed E-state index contributed by atoms with van der Waals surface area (Å²) in [6.45, 7) is 12.5. The first kappa shape index (κ1) is 16.7. The minimum absolute atomic E-state index is 0.178. The fourth-order valence-electron chi connectivity index (χ4n) is 2.38. The van der Waals surface area contributed by atoms with Gasteiger partial charge in [-0.3, -0.25) is 4.79 Å². The van der Waals surface area contributed by atoms with Crippen LogP contribution in [0.2, 0.25) is 0 Å². The number of hydrogen-bond acceptors (Lipinski definition) is 1. The number of benzene rings is 1. The molecule has 0 atom stereocenters. The third-order valence-electron chi connectivity index (χ3n) is 3.63. The predicted molar refractivity (Wildman–Crippen MR) is 86.0 cm³/mol. The van der Waals surface area contributed by atoms with Gasteiger partial charge in [0.15, 0.2) is 0 Å². The lowest BCUT2D eigenvalue weighted by molar-refractivity contribution is -0.129. The maximum absolute atomic E-state index is 12.0.